The predicted octanol–water partition coefficient (Wildman–Crippen LogP) is 2.87. The van der Waals surface area contributed by atoms with Crippen LogP contribution in [0.1, 0.15) is 37.1 Å². The van der Waals surface area contributed by atoms with Crippen LogP contribution in [0.15, 0.2) is 0 Å². The van der Waals surface area contributed by atoms with E-state index in [1.807, 2.05) is 18.8 Å². The molecule has 0 amide bonds. The van der Waals surface area contributed by atoms with Crippen molar-refractivity contribution in [2.45, 2.75) is 37.9 Å². The van der Waals surface area contributed by atoms with E-state index in [4.69, 9.17) is 0 Å². The highest BCUT2D eigenvalue weighted by molar-refractivity contribution is 7.99. The number of hydrogen-bond donors (Lipinski definition) is 2. The number of nitrogens with one attached hydrogen (secondary N) is 2. The van der Waals surface area contributed by atoms with Crippen molar-refractivity contribution in [3.8, 4) is 0 Å². The van der Waals surface area contributed by atoms with E-state index in [1.54, 1.807) is 0 Å². The third-order valence-electron chi connectivity index (χ3n) is 3.30. The molecule has 0 aliphatic heterocycles. The van der Waals surface area contributed by atoms with Gasteiger partial charge in [0.05, 0.1) is 0 Å². The third kappa shape index (κ3) is 3.07. The minimum absolute atomic E-state index is 0.580. The Morgan fingerprint density at radius 2 is 2.00 bits per heavy atom. The van der Waals surface area contributed by atoms with Crippen LogP contribution < -0.4 is 10.6 Å². The Morgan fingerprint density at radius 1 is 1.33 bits per heavy atom. The van der Waals surface area contributed by atoms with Crippen LogP contribution in [0.5, 0.6) is 0 Å². The summed E-state index contributed by atoms with van der Waals surface area (Å²) in [4.78, 5) is 9.27. The summed E-state index contributed by atoms with van der Waals surface area (Å²) in [7, 11) is 1.92. The molecule has 0 bridgehead atoms. The molecule has 1 atom stereocenters. The zero-order valence-electron chi connectivity index (χ0n) is 11.6. The van der Waals surface area contributed by atoms with E-state index < -0.39 is 0 Å². The molecule has 0 saturated heterocycles. The van der Waals surface area contributed by atoms with Crippen LogP contribution in [0.2, 0.25) is 0 Å². The van der Waals surface area contributed by atoms with Crippen molar-refractivity contribution in [3.05, 3.63) is 11.4 Å². The van der Waals surface area contributed by atoms with Gasteiger partial charge in [-0.3, -0.25) is 0 Å². The fourth-order valence-electron chi connectivity index (χ4n) is 1.80. The van der Waals surface area contributed by atoms with E-state index in [9.17, 15) is 0 Å². The van der Waals surface area contributed by atoms with Crippen molar-refractivity contribution in [1.82, 2.24) is 9.97 Å². The summed E-state index contributed by atoms with van der Waals surface area (Å²) < 4.78 is 0. The van der Waals surface area contributed by atoms with Gasteiger partial charge in [0.15, 0.2) is 0 Å². The van der Waals surface area contributed by atoms with E-state index >= 15 is 0 Å². The zero-order chi connectivity index (χ0) is 13.1. The first kappa shape index (κ1) is 13.5. The molecule has 5 heteroatoms. The number of hydrogen-bond acceptors (Lipinski definition) is 5. The zero-order valence-corrected chi connectivity index (χ0v) is 12.4. The van der Waals surface area contributed by atoms with Gasteiger partial charge >= 0.3 is 0 Å². The largest absolute Gasteiger partial charge is 0.373 e. The van der Waals surface area contributed by atoms with Crippen molar-refractivity contribution < 1.29 is 0 Å². The molecule has 100 valence electrons. The molecular weight excluding hydrogens is 244 g/mol. The molecule has 0 radical (unpaired) electrons. The summed E-state index contributed by atoms with van der Waals surface area (Å²) in [5.41, 5.74) is 1.11. The van der Waals surface area contributed by atoms with Gasteiger partial charge < -0.3 is 10.6 Å². The maximum atomic E-state index is 4.68. The van der Waals surface area contributed by atoms with Gasteiger partial charge in [-0.25, -0.2) is 9.97 Å². The number of rotatable bonds is 6. The van der Waals surface area contributed by atoms with Crippen molar-refractivity contribution in [1.29, 1.82) is 0 Å². The number of nitrogens with zero attached hydrogens (tertiary/aromatic N) is 2. The lowest BCUT2D eigenvalue weighted by Crippen LogP contribution is -2.16. The fourth-order valence-corrected chi connectivity index (χ4v) is 2.05. The Hall–Kier alpha value is -0.970. The van der Waals surface area contributed by atoms with Crippen LogP contribution in [0.3, 0.4) is 0 Å². The summed E-state index contributed by atoms with van der Waals surface area (Å²) in [6, 6.07) is 0. The van der Waals surface area contributed by atoms with Crippen LogP contribution in [-0.2, 0) is 0 Å². The molecule has 18 heavy (non-hydrogen) atoms. The molecule has 1 aromatic rings. The molecule has 1 aliphatic carbocycles. The topological polar surface area (TPSA) is 49.8 Å². The maximum Gasteiger partial charge on any atom is 0.136 e. The van der Waals surface area contributed by atoms with E-state index in [0.29, 0.717) is 11.2 Å². The minimum Gasteiger partial charge on any atom is -0.373 e. The van der Waals surface area contributed by atoms with E-state index in [0.717, 1.165) is 29.6 Å². The van der Waals surface area contributed by atoms with Gasteiger partial charge in [0.2, 0.25) is 0 Å². The Balaban J connectivity index is 2.18. The Labute approximate surface area is 113 Å². The number of aromatic nitrogens is 2. The van der Waals surface area contributed by atoms with E-state index in [2.05, 4.69) is 40.7 Å². The molecular formula is C13H22N4S. The Kier molecular flexibility index (Phi) is 4.32. The standard InChI is InChI=1S/C13H22N4S/c1-8(18-4)7-15-12-9(2)11(14-3)16-13(17-12)10-5-6-10/h8,10H,5-7H2,1-4H3,(H2,14,15,16,17). The highest BCUT2D eigenvalue weighted by Crippen LogP contribution is 2.39. The van der Waals surface area contributed by atoms with Crippen LogP contribution in [0.4, 0.5) is 11.6 Å². The monoisotopic (exact) mass is 266 g/mol. The maximum absolute atomic E-state index is 4.68. The van der Waals surface area contributed by atoms with Crippen molar-refractivity contribution in [2.75, 3.05) is 30.5 Å². The first-order chi connectivity index (χ1) is 8.65. The van der Waals surface area contributed by atoms with Crippen LogP contribution >= 0.6 is 11.8 Å². The molecule has 2 rings (SSSR count). The van der Waals surface area contributed by atoms with Crippen LogP contribution in [0, 0.1) is 6.92 Å². The summed E-state index contributed by atoms with van der Waals surface area (Å²) >= 11 is 1.86. The highest BCUT2D eigenvalue weighted by atomic mass is 32.2. The van der Waals surface area contributed by atoms with E-state index in [1.165, 1.54) is 12.8 Å². The number of anilines is 2. The van der Waals surface area contributed by atoms with Crippen molar-refractivity contribution >= 4 is 23.4 Å². The minimum atomic E-state index is 0.580. The summed E-state index contributed by atoms with van der Waals surface area (Å²) in [6.07, 6.45) is 4.59. The lowest BCUT2D eigenvalue weighted by Gasteiger charge is -2.15. The van der Waals surface area contributed by atoms with Crippen molar-refractivity contribution in [2.24, 2.45) is 0 Å². The van der Waals surface area contributed by atoms with Gasteiger partial charge in [-0.15, -0.1) is 0 Å². The van der Waals surface area contributed by atoms with Gasteiger partial charge in [0.1, 0.15) is 17.5 Å². The molecule has 2 N–H and O–H groups in total. The Bertz CT molecular complexity index is 418. The summed E-state index contributed by atoms with van der Waals surface area (Å²) in [5, 5.41) is 7.20. The molecule has 0 spiro atoms. The first-order valence-electron chi connectivity index (χ1n) is 6.48. The molecule has 1 fully saturated rings. The van der Waals surface area contributed by atoms with Gasteiger partial charge in [0, 0.05) is 30.3 Å². The molecule has 1 aromatic heterocycles. The Morgan fingerprint density at radius 3 is 2.56 bits per heavy atom. The second-order valence-electron chi connectivity index (χ2n) is 4.86. The molecule has 0 aromatic carbocycles. The average Bonchev–Trinajstić information content (AvgIpc) is 3.21. The summed E-state index contributed by atoms with van der Waals surface area (Å²) in [5.74, 6) is 3.50. The SMILES string of the molecule is CNc1nc(C2CC2)nc(NCC(C)SC)c1C. The molecule has 1 aliphatic rings. The lowest BCUT2D eigenvalue weighted by atomic mass is 10.2. The van der Waals surface area contributed by atoms with Gasteiger partial charge in [0.25, 0.3) is 0 Å². The normalized spacial score (nSPS) is 16.4. The second kappa shape index (κ2) is 5.78. The van der Waals surface area contributed by atoms with Crippen LogP contribution in [-0.4, -0.2) is 35.1 Å². The number of thioether (sulfide) groups is 1. The lowest BCUT2D eigenvalue weighted by molar-refractivity contribution is 0.906. The third-order valence-corrected chi connectivity index (χ3v) is 4.27. The first-order valence-corrected chi connectivity index (χ1v) is 7.77. The fraction of sp³-hybridized carbons (Fsp3) is 0.692. The van der Waals surface area contributed by atoms with Crippen LogP contribution in [0.25, 0.3) is 0 Å². The van der Waals surface area contributed by atoms with Gasteiger partial charge in [-0.2, -0.15) is 11.8 Å². The molecule has 1 unspecified atom stereocenters. The highest BCUT2D eigenvalue weighted by Gasteiger charge is 2.28. The molecule has 4 nitrogen and oxygen atoms in total. The van der Waals surface area contributed by atoms with Crippen molar-refractivity contribution in [3.63, 3.8) is 0 Å². The quantitative estimate of drug-likeness (QED) is 0.829. The van der Waals surface area contributed by atoms with Gasteiger partial charge in [-0.1, -0.05) is 6.92 Å². The second-order valence-corrected chi connectivity index (χ2v) is 6.13. The molecule has 1 heterocycles. The smallest absolute Gasteiger partial charge is 0.136 e. The summed E-state index contributed by atoms with van der Waals surface area (Å²) in [6.45, 7) is 5.22. The average molecular weight is 266 g/mol. The van der Waals surface area contributed by atoms with E-state index in [-0.39, 0.29) is 0 Å². The predicted molar refractivity (Wildman–Crippen MR) is 79.8 cm³/mol. The molecule has 1 saturated carbocycles. The van der Waals surface area contributed by atoms with Gasteiger partial charge in [-0.05, 0) is 26.0 Å².